The van der Waals surface area contributed by atoms with Crippen molar-refractivity contribution >= 4 is 5.65 Å². The van der Waals surface area contributed by atoms with E-state index in [4.69, 9.17) is 15.2 Å². The first-order valence-electron chi connectivity index (χ1n) is 9.50. The summed E-state index contributed by atoms with van der Waals surface area (Å²) in [5.41, 5.74) is 8.87. The summed E-state index contributed by atoms with van der Waals surface area (Å²) < 4.78 is 14.2. The van der Waals surface area contributed by atoms with Crippen LogP contribution >= 0.6 is 0 Å². The van der Waals surface area contributed by atoms with Crippen LogP contribution in [0.2, 0.25) is 0 Å². The summed E-state index contributed by atoms with van der Waals surface area (Å²) >= 11 is 0. The fraction of sp³-hybridized carbons (Fsp3) is 0.429. The fourth-order valence-corrected chi connectivity index (χ4v) is 3.85. The minimum atomic E-state index is -0.531. The summed E-state index contributed by atoms with van der Waals surface area (Å²) in [6.45, 7) is 6.58. The summed E-state index contributed by atoms with van der Waals surface area (Å²) in [6.07, 6.45) is 3.76. The first-order chi connectivity index (χ1) is 13.0. The smallest absolute Gasteiger partial charge is 0.169 e. The van der Waals surface area contributed by atoms with E-state index in [-0.39, 0.29) is 12.1 Å². The van der Waals surface area contributed by atoms with E-state index in [1.165, 1.54) is 11.1 Å². The molecule has 2 heterocycles. The van der Waals surface area contributed by atoms with Crippen molar-refractivity contribution in [1.29, 1.82) is 0 Å². The molecule has 6 nitrogen and oxygen atoms in total. The van der Waals surface area contributed by atoms with Gasteiger partial charge in [-0.3, -0.25) is 4.40 Å². The van der Waals surface area contributed by atoms with Crippen molar-refractivity contribution in [3.63, 3.8) is 0 Å². The molecule has 0 saturated heterocycles. The molecule has 2 N–H and O–H groups in total. The number of benzene rings is 1. The Balaban J connectivity index is 1.67. The summed E-state index contributed by atoms with van der Waals surface area (Å²) in [7, 11) is 0. The standard InChI is InChI=1S/C21H26N4O2/c1-4-26-21(2,3)20-24-23-19-12-9-14(13-25(19)20)27-18-11-10-17(22)15-7-5-6-8-16(15)18/h5-9,12-13,17-18H,4,10-11,22H2,1-3H3. The second kappa shape index (κ2) is 6.94. The second-order valence-electron chi connectivity index (χ2n) is 7.48. The van der Waals surface area contributed by atoms with Crippen molar-refractivity contribution < 1.29 is 9.47 Å². The van der Waals surface area contributed by atoms with Crippen LogP contribution in [-0.2, 0) is 10.3 Å². The van der Waals surface area contributed by atoms with Gasteiger partial charge in [0.15, 0.2) is 11.5 Å². The van der Waals surface area contributed by atoms with E-state index in [1.54, 1.807) is 0 Å². The Morgan fingerprint density at radius 2 is 1.89 bits per heavy atom. The molecular weight excluding hydrogens is 340 g/mol. The van der Waals surface area contributed by atoms with E-state index < -0.39 is 5.60 Å². The number of hydrogen-bond acceptors (Lipinski definition) is 5. The number of nitrogens with two attached hydrogens (primary N) is 1. The SMILES string of the molecule is CCOC(C)(C)c1nnc2ccc(OC3CCC(N)c4ccccc43)cn12. The fourth-order valence-electron chi connectivity index (χ4n) is 3.85. The predicted molar refractivity (Wildman–Crippen MR) is 104 cm³/mol. The third-order valence-electron chi connectivity index (χ3n) is 5.18. The maximum Gasteiger partial charge on any atom is 0.169 e. The maximum absolute atomic E-state index is 6.36. The molecule has 6 heteroatoms. The molecule has 4 rings (SSSR count). The Morgan fingerprint density at radius 1 is 1.11 bits per heavy atom. The molecule has 0 amide bonds. The van der Waals surface area contributed by atoms with Gasteiger partial charge in [-0.2, -0.15) is 0 Å². The predicted octanol–water partition coefficient (Wildman–Crippen LogP) is 3.91. The lowest BCUT2D eigenvalue weighted by Crippen LogP contribution is -2.25. The molecule has 27 heavy (non-hydrogen) atoms. The van der Waals surface area contributed by atoms with E-state index >= 15 is 0 Å². The van der Waals surface area contributed by atoms with Gasteiger partial charge in [0.1, 0.15) is 17.5 Å². The monoisotopic (exact) mass is 366 g/mol. The van der Waals surface area contributed by atoms with Gasteiger partial charge in [-0.15, -0.1) is 10.2 Å². The van der Waals surface area contributed by atoms with Crippen molar-refractivity contribution in [2.75, 3.05) is 6.61 Å². The topological polar surface area (TPSA) is 74.7 Å². The minimum Gasteiger partial charge on any atom is -0.484 e. The van der Waals surface area contributed by atoms with Crippen LogP contribution in [-0.4, -0.2) is 21.2 Å². The number of pyridine rings is 1. The highest BCUT2D eigenvalue weighted by Gasteiger charge is 2.28. The van der Waals surface area contributed by atoms with Crippen LogP contribution in [0.15, 0.2) is 42.6 Å². The first kappa shape index (κ1) is 17.9. The van der Waals surface area contributed by atoms with Crippen LogP contribution in [0.4, 0.5) is 0 Å². The quantitative estimate of drug-likeness (QED) is 0.741. The van der Waals surface area contributed by atoms with Gasteiger partial charge < -0.3 is 15.2 Å². The maximum atomic E-state index is 6.36. The highest BCUT2D eigenvalue weighted by molar-refractivity contribution is 5.43. The van der Waals surface area contributed by atoms with Gasteiger partial charge in [0.25, 0.3) is 0 Å². The molecule has 0 aliphatic heterocycles. The van der Waals surface area contributed by atoms with E-state index in [0.29, 0.717) is 6.61 Å². The number of ether oxygens (including phenoxy) is 2. The van der Waals surface area contributed by atoms with E-state index in [1.807, 2.05) is 55.6 Å². The molecular formula is C21H26N4O2. The third-order valence-corrected chi connectivity index (χ3v) is 5.18. The highest BCUT2D eigenvalue weighted by atomic mass is 16.5. The Hall–Kier alpha value is -2.44. The lowest BCUT2D eigenvalue weighted by molar-refractivity contribution is -0.0215. The molecule has 2 aromatic heterocycles. The molecule has 1 aromatic carbocycles. The molecule has 2 unspecified atom stereocenters. The van der Waals surface area contributed by atoms with Crippen LogP contribution in [0.25, 0.3) is 5.65 Å². The molecule has 142 valence electrons. The Morgan fingerprint density at radius 3 is 2.67 bits per heavy atom. The zero-order valence-corrected chi connectivity index (χ0v) is 16.1. The van der Waals surface area contributed by atoms with Gasteiger partial charge in [-0.05, 0) is 56.9 Å². The molecule has 0 radical (unpaired) electrons. The zero-order valence-electron chi connectivity index (χ0n) is 16.1. The lowest BCUT2D eigenvalue weighted by Gasteiger charge is -2.30. The van der Waals surface area contributed by atoms with Crippen molar-refractivity contribution in [3.8, 4) is 5.75 Å². The zero-order chi connectivity index (χ0) is 19.0. The summed E-state index contributed by atoms with van der Waals surface area (Å²) in [5.74, 6) is 1.54. The van der Waals surface area contributed by atoms with Gasteiger partial charge in [-0.25, -0.2) is 0 Å². The Labute approximate surface area is 159 Å². The Bertz CT molecular complexity index is 950. The highest BCUT2D eigenvalue weighted by Crippen LogP contribution is 2.37. The van der Waals surface area contributed by atoms with E-state index in [9.17, 15) is 0 Å². The molecule has 3 aromatic rings. The molecule has 0 bridgehead atoms. The Kier molecular flexibility index (Phi) is 4.61. The average Bonchev–Trinajstić information content (AvgIpc) is 3.08. The normalized spacial score (nSPS) is 19.9. The number of hydrogen-bond donors (Lipinski definition) is 1. The van der Waals surface area contributed by atoms with E-state index in [0.717, 1.165) is 30.1 Å². The average molecular weight is 366 g/mol. The molecule has 2 atom stereocenters. The molecule has 1 aliphatic rings. The molecule has 0 spiro atoms. The van der Waals surface area contributed by atoms with Gasteiger partial charge in [0.2, 0.25) is 0 Å². The second-order valence-corrected chi connectivity index (χ2v) is 7.48. The molecule has 1 aliphatic carbocycles. The van der Waals surface area contributed by atoms with Crippen LogP contribution in [0.3, 0.4) is 0 Å². The van der Waals surface area contributed by atoms with Crippen LogP contribution < -0.4 is 10.5 Å². The number of nitrogens with zero attached hydrogens (tertiary/aromatic N) is 3. The first-order valence-corrected chi connectivity index (χ1v) is 9.50. The van der Waals surface area contributed by atoms with Crippen LogP contribution in [0.1, 0.15) is 62.7 Å². The number of aromatic nitrogens is 3. The summed E-state index contributed by atoms with van der Waals surface area (Å²) in [6, 6.07) is 12.2. The van der Waals surface area contributed by atoms with Gasteiger partial charge in [-0.1, -0.05) is 24.3 Å². The van der Waals surface area contributed by atoms with Gasteiger partial charge in [0.05, 0.1) is 6.20 Å². The largest absolute Gasteiger partial charge is 0.484 e. The van der Waals surface area contributed by atoms with E-state index in [2.05, 4.69) is 22.3 Å². The lowest BCUT2D eigenvalue weighted by atomic mass is 9.86. The van der Waals surface area contributed by atoms with Crippen molar-refractivity contribution in [3.05, 3.63) is 59.5 Å². The van der Waals surface area contributed by atoms with Crippen molar-refractivity contribution in [2.24, 2.45) is 5.73 Å². The van der Waals surface area contributed by atoms with Crippen LogP contribution in [0.5, 0.6) is 5.75 Å². The van der Waals surface area contributed by atoms with Crippen molar-refractivity contribution in [2.45, 2.75) is 51.4 Å². The third kappa shape index (κ3) is 3.31. The summed E-state index contributed by atoms with van der Waals surface area (Å²) in [4.78, 5) is 0. The summed E-state index contributed by atoms with van der Waals surface area (Å²) in [5, 5.41) is 8.60. The van der Waals surface area contributed by atoms with Gasteiger partial charge >= 0.3 is 0 Å². The van der Waals surface area contributed by atoms with Gasteiger partial charge in [0, 0.05) is 12.6 Å². The van der Waals surface area contributed by atoms with Crippen LogP contribution in [0, 0.1) is 0 Å². The molecule has 0 fully saturated rings. The number of fused-ring (bicyclic) bond motifs is 2. The number of rotatable bonds is 5. The van der Waals surface area contributed by atoms with Crippen molar-refractivity contribution in [1.82, 2.24) is 14.6 Å². The molecule has 0 saturated carbocycles. The minimum absolute atomic E-state index is 0.00159.